The summed E-state index contributed by atoms with van der Waals surface area (Å²) in [5, 5.41) is 3.99. The molecule has 0 spiro atoms. The van der Waals surface area contributed by atoms with E-state index < -0.39 is 0 Å². The lowest BCUT2D eigenvalue weighted by molar-refractivity contribution is -0.233. The molecule has 1 aliphatic rings. The first kappa shape index (κ1) is 9.92. The first-order chi connectivity index (χ1) is 5.86. The van der Waals surface area contributed by atoms with Gasteiger partial charge in [0, 0.05) is 26.2 Å². The molecule has 0 bridgehead atoms. The zero-order chi connectivity index (χ0) is 8.81. The molecule has 0 unspecified atom stereocenters. The van der Waals surface area contributed by atoms with Crippen molar-refractivity contribution in [1.29, 1.82) is 0 Å². The lowest BCUT2D eigenvalue weighted by atomic mass is 10.4. The maximum absolute atomic E-state index is 5.36. The highest BCUT2D eigenvalue weighted by Gasteiger charge is 2.16. The fraction of sp³-hybridized carbons (Fsp3) is 1.00. The Morgan fingerprint density at radius 3 is 1.42 bits per heavy atom. The van der Waals surface area contributed by atoms with E-state index in [0.717, 1.165) is 39.4 Å². The average molecular weight is 174 g/mol. The molecule has 4 nitrogen and oxygen atoms in total. The molecule has 0 aromatic carbocycles. The van der Waals surface area contributed by atoms with Crippen molar-refractivity contribution < 1.29 is 9.68 Å². The zero-order valence-electron chi connectivity index (χ0n) is 7.95. The monoisotopic (exact) mass is 174 g/mol. The van der Waals surface area contributed by atoms with Crippen LogP contribution < -0.4 is 0 Å². The molecule has 0 atom stereocenters. The maximum atomic E-state index is 5.36. The summed E-state index contributed by atoms with van der Waals surface area (Å²) in [6.07, 6.45) is 0. The van der Waals surface area contributed by atoms with Crippen LogP contribution in [0, 0.1) is 0 Å². The molecule has 4 heteroatoms. The quantitative estimate of drug-likeness (QED) is 0.620. The Labute approximate surface area is 73.9 Å². The molecule has 1 heterocycles. The molecule has 1 aliphatic heterocycles. The molecule has 0 amide bonds. The number of piperazine rings is 1. The Morgan fingerprint density at radius 2 is 1.17 bits per heavy atom. The van der Waals surface area contributed by atoms with Crippen LogP contribution in [-0.4, -0.2) is 49.5 Å². The largest absolute Gasteiger partial charge is 0.299 e. The molecule has 0 N–H and O–H groups in total. The fourth-order valence-corrected chi connectivity index (χ4v) is 1.29. The van der Waals surface area contributed by atoms with E-state index in [1.807, 2.05) is 24.0 Å². The van der Waals surface area contributed by atoms with Gasteiger partial charge in [0.25, 0.3) is 0 Å². The van der Waals surface area contributed by atoms with Crippen molar-refractivity contribution in [3.8, 4) is 0 Å². The third-order valence-electron chi connectivity index (χ3n) is 1.82. The SMILES string of the molecule is CCON1CCN(OCC)CC1. The number of hydrogen-bond acceptors (Lipinski definition) is 4. The van der Waals surface area contributed by atoms with Crippen molar-refractivity contribution in [3.63, 3.8) is 0 Å². The molecular formula is C8H18N2O2. The van der Waals surface area contributed by atoms with E-state index >= 15 is 0 Å². The Hall–Kier alpha value is -0.160. The number of hydroxylamine groups is 4. The van der Waals surface area contributed by atoms with Gasteiger partial charge in [-0.1, -0.05) is 0 Å². The van der Waals surface area contributed by atoms with Gasteiger partial charge in [-0.3, -0.25) is 9.68 Å². The summed E-state index contributed by atoms with van der Waals surface area (Å²) in [5.74, 6) is 0. The minimum atomic E-state index is 0.759. The minimum absolute atomic E-state index is 0.759. The summed E-state index contributed by atoms with van der Waals surface area (Å²) in [7, 11) is 0. The van der Waals surface area contributed by atoms with E-state index in [1.54, 1.807) is 0 Å². The molecule has 0 aromatic rings. The van der Waals surface area contributed by atoms with Crippen LogP contribution in [0.5, 0.6) is 0 Å². The van der Waals surface area contributed by atoms with E-state index in [4.69, 9.17) is 9.68 Å². The maximum Gasteiger partial charge on any atom is 0.0656 e. The summed E-state index contributed by atoms with van der Waals surface area (Å²) in [6, 6.07) is 0. The Kier molecular flexibility index (Phi) is 4.53. The lowest BCUT2D eigenvalue weighted by Crippen LogP contribution is -2.45. The Balaban J connectivity index is 2.11. The van der Waals surface area contributed by atoms with Gasteiger partial charge in [0.2, 0.25) is 0 Å². The first-order valence-corrected chi connectivity index (χ1v) is 4.62. The molecule has 72 valence electrons. The Morgan fingerprint density at radius 1 is 0.833 bits per heavy atom. The first-order valence-electron chi connectivity index (χ1n) is 4.62. The number of rotatable bonds is 4. The van der Waals surface area contributed by atoms with Crippen molar-refractivity contribution in [2.24, 2.45) is 0 Å². The minimum Gasteiger partial charge on any atom is -0.299 e. The second kappa shape index (κ2) is 5.48. The molecular weight excluding hydrogens is 156 g/mol. The van der Waals surface area contributed by atoms with Crippen LogP contribution in [0.25, 0.3) is 0 Å². The Bertz CT molecular complexity index is 99.6. The summed E-state index contributed by atoms with van der Waals surface area (Å²) < 4.78 is 0. The van der Waals surface area contributed by atoms with Gasteiger partial charge < -0.3 is 0 Å². The van der Waals surface area contributed by atoms with E-state index in [1.165, 1.54) is 0 Å². The second-order valence-corrected chi connectivity index (χ2v) is 2.69. The van der Waals surface area contributed by atoms with Gasteiger partial charge in [-0.15, -0.1) is 0 Å². The normalized spacial score (nSPS) is 21.5. The van der Waals surface area contributed by atoms with Crippen molar-refractivity contribution in [3.05, 3.63) is 0 Å². The predicted molar refractivity (Wildman–Crippen MR) is 46.4 cm³/mol. The van der Waals surface area contributed by atoms with Gasteiger partial charge in [-0.2, -0.15) is 10.1 Å². The van der Waals surface area contributed by atoms with E-state index in [0.29, 0.717) is 0 Å². The van der Waals surface area contributed by atoms with Crippen LogP contribution in [0.2, 0.25) is 0 Å². The van der Waals surface area contributed by atoms with E-state index in [-0.39, 0.29) is 0 Å². The topological polar surface area (TPSA) is 24.9 Å². The van der Waals surface area contributed by atoms with E-state index in [2.05, 4.69) is 0 Å². The van der Waals surface area contributed by atoms with Crippen molar-refractivity contribution >= 4 is 0 Å². The summed E-state index contributed by atoms with van der Waals surface area (Å²) in [4.78, 5) is 10.7. The van der Waals surface area contributed by atoms with Crippen LogP contribution in [-0.2, 0) is 9.68 Å². The fourth-order valence-electron chi connectivity index (χ4n) is 1.29. The standard InChI is InChI=1S/C8H18N2O2/c1-3-11-9-5-7-10(8-6-9)12-4-2/h3-8H2,1-2H3. The molecule has 1 saturated heterocycles. The lowest BCUT2D eigenvalue weighted by Gasteiger charge is -2.32. The van der Waals surface area contributed by atoms with Gasteiger partial charge in [0.1, 0.15) is 0 Å². The highest BCUT2D eigenvalue weighted by atomic mass is 16.7. The van der Waals surface area contributed by atoms with Crippen molar-refractivity contribution in [2.75, 3.05) is 39.4 Å². The molecule has 1 fully saturated rings. The van der Waals surface area contributed by atoms with Crippen LogP contribution in [0.3, 0.4) is 0 Å². The summed E-state index contributed by atoms with van der Waals surface area (Å²) in [6.45, 7) is 9.29. The molecule has 12 heavy (non-hydrogen) atoms. The van der Waals surface area contributed by atoms with Gasteiger partial charge in [0.05, 0.1) is 13.2 Å². The highest BCUT2D eigenvalue weighted by Crippen LogP contribution is 2.02. The summed E-state index contributed by atoms with van der Waals surface area (Å²) in [5.41, 5.74) is 0. The van der Waals surface area contributed by atoms with E-state index in [9.17, 15) is 0 Å². The van der Waals surface area contributed by atoms with Crippen LogP contribution in [0.4, 0.5) is 0 Å². The smallest absolute Gasteiger partial charge is 0.0656 e. The average Bonchev–Trinajstić information content (AvgIpc) is 2.09. The summed E-state index contributed by atoms with van der Waals surface area (Å²) >= 11 is 0. The van der Waals surface area contributed by atoms with Crippen LogP contribution in [0.15, 0.2) is 0 Å². The predicted octanol–water partition coefficient (Wildman–Crippen LogP) is 0.507. The molecule has 0 saturated carbocycles. The number of nitrogens with zero attached hydrogens (tertiary/aromatic N) is 2. The third kappa shape index (κ3) is 3.06. The van der Waals surface area contributed by atoms with Crippen molar-refractivity contribution in [1.82, 2.24) is 10.1 Å². The zero-order valence-corrected chi connectivity index (χ0v) is 7.95. The van der Waals surface area contributed by atoms with Gasteiger partial charge in [-0.25, -0.2) is 0 Å². The van der Waals surface area contributed by atoms with Gasteiger partial charge in [-0.05, 0) is 13.8 Å². The van der Waals surface area contributed by atoms with Crippen LogP contribution >= 0.6 is 0 Å². The van der Waals surface area contributed by atoms with Crippen molar-refractivity contribution in [2.45, 2.75) is 13.8 Å². The highest BCUT2D eigenvalue weighted by molar-refractivity contribution is 4.60. The van der Waals surface area contributed by atoms with Gasteiger partial charge >= 0.3 is 0 Å². The van der Waals surface area contributed by atoms with Gasteiger partial charge in [0.15, 0.2) is 0 Å². The third-order valence-corrected chi connectivity index (χ3v) is 1.82. The number of hydrogen-bond donors (Lipinski definition) is 0. The molecule has 0 aromatic heterocycles. The molecule has 1 rings (SSSR count). The molecule has 0 radical (unpaired) electrons. The van der Waals surface area contributed by atoms with Crippen LogP contribution in [0.1, 0.15) is 13.8 Å². The molecule has 0 aliphatic carbocycles. The second-order valence-electron chi connectivity index (χ2n) is 2.69.